The summed E-state index contributed by atoms with van der Waals surface area (Å²) in [6.45, 7) is 6.67. The van der Waals surface area contributed by atoms with Crippen molar-refractivity contribution < 1.29 is 13.6 Å². The minimum Gasteiger partial charge on any atom is -0.452 e. The first-order valence-corrected chi connectivity index (χ1v) is 13.3. The van der Waals surface area contributed by atoms with Crippen LogP contribution in [0.2, 0.25) is 0 Å². The quantitative estimate of drug-likeness (QED) is 0.255. The molecular weight excluding hydrogens is 548 g/mol. The van der Waals surface area contributed by atoms with Gasteiger partial charge in [-0.3, -0.25) is 14.2 Å². The standard InChI is InChI=1S/C29H29BrN4O4/c1-17(2)25(33(15-14-31)28(35)19-10-8-18(3)9-11-19)27-32-24-21-6-4-5-7-22(21)38-26(24)29(36)34(27)16-20-12-13-23(30)37-20/h4-13,17,25H,14-16,31H2,1-3H3. The molecule has 0 radical (unpaired) electrons. The van der Waals surface area contributed by atoms with Crippen LogP contribution in [0.25, 0.3) is 22.1 Å². The number of aryl methyl sites for hydroxylation is 1. The number of aromatic nitrogens is 2. The molecule has 8 nitrogen and oxygen atoms in total. The van der Waals surface area contributed by atoms with Crippen LogP contribution in [0, 0.1) is 12.8 Å². The number of rotatable bonds is 8. The van der Waals surface area contributed by atoms with Crippen molar-refractivity contribution in [3.05, 3.63) is 98.4 Å². The third-order valence-corrected chi connectivity index (χ3v) is 7.04. The van der Waals surface area contributed by atoms with E-state index in [9.17, 15) is 9.59 Å². The highest BCUT2D eigenvalue weighted by atomic mass is 79.9. The van der Waals surface area contributed by atoms with E-state index in [0.717, 1.165) is 10.9 Å². The summed E-state index contributed by atoms with van der Waals surface area (Å²) in [6, 6.07) is 17.9. The Balaban J connectivity index is 1.75. The Morgan fingerprint density at radius 3 is 2.47 bits per heavy atom. The van der Waals surface area contributed by atoms with Crippen molar-refractivity contribution in [2.24, 2.45) is 11.7 Å². The van der Waals surface area contributed by atoms with E-state index in [-0.39, 0.29) is 36.1 Å². The molecule has 1 unspecified atom stereocenters. The van der Waals surface area contributed by atoms with Gasteiger partial charge in [0.2, 0.25) is 5.58 Å². The molecule has 0 spiro atoms. The Labute approximate surface area is 228 Å². The molecule has 2 N–H and O–H groups in total. The van der Waals surface area contributed by atoms with Crippen molar-refractivity contribution in [3.8, 4) is 0 Å². The zero-order chi connectivity index (χ0) is 27.0. The third kappa shape index (κ3) is 4.79. The average molecular weight is 577 g/mol. The van der Waals surface area contributed by atoms with E-state index < -0.39 is 6.04 Å². The normalized spacial score (nSPS) is 12.5. The van der Waals surface area contributed by atoms with Crippen LogP contribution in [0.3, 0.4) is 0 Å². The average Bonchev–Trinajstić information content (AvgIpc) is 3.49. The minimum absolute atomic E-state index is 0.0898. The van der Waals surface area contributed by atoms with E-state index in [1.165, 1.54) is 0 Å². The van der Waals surface area contributed by atoms with Crippen LogP contribution in [-0.2, 0) is 6.54 Å². The summed E-state index contributed by atoms with van der Waals surface area (Å²) in [7, 11) is 0. The van der Waals surface area contributed by atoms with Crippen LogP contribution >= 0.6 is 15.9 Å². The van der Waals surface area contributed by atoms with E-state index in [1.54, 1.807) is 21.6 Å². The second-order valence-corrected chi connectivity index (χ2v) is 10.5. The number of nitrogens with zero attached hydrogens (tertiary/aromatic N) is 3. The summed E-state index contributed by atoms with van der Waals surface area (Å²) in [6.07, 6.45) is 0. The molecule has 0 saturated heterocycles. The summed E-state index contributed by atoms with van der Waals surface area (Å²) >= 11 is 3.34. The predicted octanol–water partition coefficient (Wildman–Crippen LogP) is 5.65. The van der Waals surface area contributed by atoms with E-state index >= 15 is 0 Å². The van der Waals surface area contributed by atoms with Gasteiger partial charge in [0.25, 0.3) is 11.5 Å². The molecule has 0 saturated carbocycles. The Morgan fingerprint density at radius 1 is 1.08 bits per heavy atom. The molecule has 1 atom stereocenters. The molecule has 3 aromatic heterocycles. The zero-order valence-corrected chi connectivity index (χ0v) is 23.1. The van der Waals surface area contributed by atoms with Gasteiger partial charge >= 0.3 is 0 Å². The summed E-state index contributed by atoms with van der Waals surface area (Å²) in [5, 5.41) is 0.742. The lowest BCUT2D eigenvalue weighted by Gasteiger charge is -2.35. The summed E-state index contributed by atoms with van der Waals surface area (Å²) < 4.78 is 13.8. The van der Waals surface area contributed by atoms with Crippen molar-refractivity contribution in [1.29, 1.82) is 0 Å². The largest absolute Gasteiger partial charge is 0.452 e. The van der Waals surface area contributed by atoms with Gasteiger partial charge in [-0.05, 0) is 65.2 Å². The molecule has 5 rings (SSSR count). The minimum atomic E-state index is -0.545. The predicted molar refractivity (Wildman–Crippen MR) is 150 cm³/mol. The molecule has 0 bridgehead atoms. The number of amides is 1. The Hall–Kier alpha value is -3.69. The Kier molecular flexibility index (Phi) is 7.23. The summed E-state index contributed by atoms with van der Waals surface area (Å²) in [4.78, 5) is 34.6. The van der Waals surface area contributed by atoms with Crippen LogP contribution in [0.1, 0.15) is 47.4 Å². The van der Waals surface area contributed by atoms with E-state index in [4.69, 9.17) is 19.6 Å². The van der Waals surface area contributed by atoms with Crippen molar-refractivity contribution in [2.75, 3.05) is 13.1 Å². The van der Waals surface area contributed by atoms with E-state index in [1.807, 2.05) is 69.3 Å². The number of hydrogen-bond donors (Lipinski definition) is 1. The van der Waals surface area contributed by atoms with Gasteiger partial charge in [-0.2, -0.15) is 0 Å². The fourth-order valence-electron chi connectivity index (χ4n) is 4.83. The molecule has 0 aliphatic heterocycles. The maximum Gasteiger partial charge on any atom is 0.297 e. The second kappa shape index (κ2) is 10.6. The molecule has 2 aromatic carbocycles. The first-order chi connectivity index (χ1) is 18.3. The number of carbonyl (C=O) groups excluding carboxylic acids is 1. The van der Waals surface area contributed by atoms with E-state index in [0.29, 0.717) is 39.5 Å². The maximum absolute atomic E-state index is 14.0. The third-order valence-electron chi connectivity index (χ3n) is 6.62. The van der Waals surface area contributed by atoms with Crippen LogP contribution in [0.5, 0.6) is 0 Å². The van der Waals surface area contributed by atoms with Gasteiger partial charge in [0, 0.05) is 24.0 Å². The maximum atomic E-state index is 14.0. The number of para-hydroxylation sites is 1. The second-order valence-electron chi connectivity index (χ2n) is 9.69. The molecule has 3 heterocycles. The van der Waals surface area contributed by atoms with Crippen molar-refractivity contribution in [2.45, 2.75) is 33.4 Å². The van der Waals surface area contributed by atoms with Gasteiger partial charge in [-0.15, -0.1) is 0 Å². The van der Waals surface area contributed by atoms with Gasteiger partial charge in [-0.25, -0.2) is 4.98 Å². The van der Waals surface area contributed by atoms with E-state index in [2.05, 4.69) is 15.9 Å². The number of benzene rings is 2. The first-order valence-electron chi connectivity index (χ1n) is 12.5. The molecule has 0 aliphatic rings. The van der Waals surface area contributed by atoms with Crippen LogP contribution in [-0.4, -0.2) is 33.4 Å². The lowest BCUT2D eigenvalue weighted by atomic mass is 9.99. The molecule has 38 heavy (non-hydrogen) atoms. The highest BCUT2D eigenvalue weighted by molar-refractivity contribution is 9.10. The first kappa shape index (κ1) is 25.9. The number of carbonyl (C=O) groups is 1. The zero-order valence-electron chi connectivity index (χ0n) is 21.5. The number of halogens is 1. The lowest BCUT2D eigenvalue weighted by molar-refractivity contribution is 0.0612. The SMILES string of the molecule is Cc1ccc(C(=O)N(CCN)C(c2nc3c(oc4ccccc43)c(=O)n2Cc2ccc(Br)o2)C(C)C)cc1. The highest BCUT2D eigenvalue weighted by Crippen LogP contribution is 2.32. The van der Waals surface area contributed by atoms with Crippen LogP contribution < -0.4 is 11.3 Å². The van der Waals surface area contributed by atoms with Gasteiger partial charge in [0.15, 0.2) is 4.67 Å². The molecule has 9 heteroatoms. The molecule has 1 amide bonds. The summed E-state index contributed by atoms with van der Waals surface area (Å²) in [5.41, 5.74) is 8.49. The summed E-state index contributed by atoms with van der Waals surface area (Å²) in [5.74, 6) is 0.751. The Morgan fingerprint density at radius 2 is 1.82 bits per heavy atom. The highest BCUT2D eigenvalue weighted by Gasteiger charge is 2.33. The van der Waals surface area contributed by atoms with Crippen LogP contribution in [0.15, 0.2) is 79.0 Å². The van der Waals surface area contributed by atoms with Gasteiger partial charge in [0.05, 0.1) is 12.6 Å². The monoisotopic (exact) mass is 576 g/mol. The molecule has 5 aromatic rings. The van der Waals surface area contributed by atoms with Crippen molar-refractivity contribution in [3.63, 3.8) is 0 Å². The lowest BCUT2D eigenvalue weighted by Crippen LogP contribution is -2.43. The fourth-order valence-corrected chi connectivity index (χ4v) is 5.17. The number of nitrogens with two attached hydrogens (primary N) is 1. The van der Waals surface area contributed by atoms with Crippen LogP contribution in [0.4, 0.5) is 0 Å². The van der Waals surface area contributed by atoms with Crippen molar-refractivity contribution in [1.82, 2.24) is 14.5 Å². The number of hydrogen-bond acceptors (Lipinski definition) is 6. The molecular formula is C29H29BrN4O4. The number of fused-ring (bicyclic) bond motifs is 3. The number of furan rings is 2. The smallest absolute Gasteiger partial charge is 0.297 e. The molecule has 0 fully saturated rings. The fraction of sp³-hybridized carbons (Fsp3) is 0.276. The molecule has 0 aliphatic carbocycles. The Bertz CT molecular complexity index is 1670. The van der Waals surface area contributed by atoms with Gasteiger partial charge in [0.1, 0.15) is 22.7 Å². The topological polar surface area (TPSA) is 108 Å². The van der Waals surface area contributed by atoms with Gasteiger partial charge in [-0.1, -0.05) is 43.7 Å². The molecule has 196 valence electrons. The van der Waals surface area contributed by atoms with Gasteiger partial charge < -0.3 is 19.5 Å². The van der Waals surface area contributed by atoms with Crippen molar-refractivity contribution >= 4 is 43.9 Å².